The van der Waals surface area contributed by atoms with Crippen molar-refractivity contribution >= 4 is 28.9 Å². The molecule has 2 aromatic rings. The van der Waals surface area contributed by atoms with Crippen molar-refractivity contribution in [3.63, 3.8) is 0 Å². The molecular formula is C16H17Cl2NO. The highest BCUT2D eigenvalue weighted by Crippen LogP contribution is 2.32. The van der Waals surface area contributed by atoms with E-state index in [0.29, 0.717) is 5.02 Å². The fourth-order valence-corrected chi connectivity index (χ4v) is 2.67. The van der Waals surface area contributed by atoms with Crippen molar-refractivity contribution in [3.05, 3.63) is 63.6 Å². The standard InChI is InChI=1S/C16H17Cl2NO/c1-11(13-4-3-5-14(17)9-13)19(2)16-7-6-12(10-20)8-15(16)18/h3-9,11,20H,10H2,1-2H3. The number of benzene rings is 2. The molecule has 2 aromatic carbocycles. The molecule has 0 heterocycles. The maximum atomic E-state index is 9.12. The van der Waals surface area contributed by atoms with E-state index in [1.165, 1.54) is 0 Å². The highest BCUT2D eigenvalue weighted by Gasteiger charge is 2.15. The largest absolute Gasteiger partial charge is 0.392 e. The fourth-order valence-electron chi connectivity index (χ4n) is 2.13. The Hall–Kier alpha value is -1.22. The van der Waals surface area contributed by atoms with Crippen LogP contribution in [0.25, 0.3) is 0 Å². The summed E-state index contributed by atoms with van der Waals surface area (Å²) >= 11 is 12.3. The van der Waals surface area contributed by atoms with Crippen LogP contribution in [0.4, 0.5) is 5.69 Å². The zero-order chi connectivity index (χ0) is 14.7. The van der Waals surface area contributed by atoms with Crippen LogP contribution in [0.2, 0.25) is 10.0 Å². The number of aliphatic hydroxyl groups is 1. The molecule has 106 valence electrons. The molecule has 0 aliphatic rings. The van der Waals surface area contributed by atoms with Crippen molar-refractivity contribution in [2.45, 2.75) is 19.6 Å². The van der Waals surface area contributed by atoms with E-state index in [2.05, 4.69) is 11.8 Å². The van der Waals surface area contributed by atoms with Crippen molar-refractivity contribution in [2.75, 3.05) is 11.9 Å². The predicted molar refractivity (Wildman–Crippen MR) is 85.6 cm³/mol. The average molecular weight is 310 g/mol. The van der Waals surface area contributed by atoms with Gasteiger partial charge in [0.25, 0.3) is 0 Å². The van der Waals surface area contributed by atoms with Gasteiger partial charge in [-0.1, -0.05) is 41.4 Å². The van der Waals surface area contributed by atoms with Gasteiger partial charge < -0.3 is 10.0 Å². The van der Waals surface area contributed by atoms with Crippen LogP contribution in [-0.4, -0.2) is 12.2 Å². The summed E-state index contributed by atoms with van der Waals surface area (Å²) in [5, 5.41) is 10.5. The van der Waals surface area contributed by atoms with Gasteiger partial charge in [0.15, 0.2) is 0 Å². The first-order valence-electron chi connectivity index (χ1n) is 6.40. The van der Waals surface area contributed by atoms with Crippen molar-refractivity contribution in [1.82, 2.24) is 0 Å². The van der Waals surface area contributed by atoms with Gasteiger partial charge in [0.1, 0.15) is 0 Å². The Balaban J connectivity index is 2.28. The third-order valence-corrected chi connectivity index (χ3v) is 4.02. The molecule has 0 saturated heterocycles. The second kappa shape index (κ2) is 6.49. The van der Waals surface area contributed by atoms with E-state index in [1.807, 2.05) is 43.4 Å². The smallest absolute Gasteiger partial charge is 0.0682 e. The number of halogens is 2. The highest BCUT2D eigenvalue weighted by atomic mass is 35.5. The van der Waals surface area contributed by atoms with E-state index in [-0.39, 0.29) is 12.6 Å². The van der Waals surface area contributed by atoms with E-state index in [0.717, 1.165) is 21.8 Å². The lowest BCUT2D eigenvalue weighted by atomic mass is 10.1. The summed E-state index contributed by atoms with van der Waals surface area (Å²) in [5.74, 6) is 0. The summed E-state index contributed by atoms with van der Waals surface area (Å²) in [6.45, 7) is 2.09. The molecule has 0 radical (unpaired) electrons. The van der Waals surface area contributed by atoms with Gasteiger partial charge in [-0.3, -0.25) is 0 Å². The van der Waals surface area contributed by atoms with E-state index < -0.39 is 0 Å². The molecule has 0 aromatic heterocycles. The summed E-state index contributed by atoms with van der Waals surface area (Å²) in [7, 11) is 1.99. The lowest BCUT2D eigenvalue weighted by Crippen LogP contribution is -2.22. The number of aliphatic hydroxyl groups excluding tert-OH is 1. The lowest BCUT2D eigenvalue weighted by Gasteiger charge is -2.28. The third-order valence-electron chi connectivity index (χ3n) is 3.49. The van der Waals surface area contributed by atoms with Gasteiger partial charge in [0, 0.05) is 12.1 Å². The molecule has 0 fully saturated rings. The van der Waals surface area contributed by atoms with Crippen molar-refractivity contribution in [3.8, 4) is 0 Å². The van der Waals surface area contributed by atoms with Gasteiger partial charge in [-0.25, -0.2) is 0 Å². The van der Waals surface area contributed by atoms with Crippen molar-refractivity contribution in [1.29, 1.82) is 0 Å². The lowest BCUT2D eigenvalue weighted by molar-refractivity contribution is 0.282. The maximum absolute atomic E-state index is 9.12. The molecule has 1 atom stereocenters. The van der Waals surface area contributed by atoms with Crippen LogP contribution in [0.3, 0.4) is 0 Å². The molecule has 0 amide bonds. The van der Waals surface area contributed by atoms with Gasteiger partial charge in [0.2, 0.25) is 0 Å². The van der Waals surface area contributed by atoms with E-state index >= 15 is 0 Å². The quantitative estimate of drug-likeness (QED) is 0.886. The Kier molecular flexibility index (Phi) is 4.92. The van der Waals surface area contributed by atoms with E-state index in [9.17, 15) is 0 Å². The molecule has 0 aliphatic carbocycles. The monoisotopic (exact) mass is 309 g/mol. The minimum atomic E-state index is -0.00639. The second-order valence-corrected chi connectivity index (χ2v) is 5.63. The normalized spacial score (nSPS) is 12.2. The first-order chi connectivity index (χ1) is 9.52. The summed E-state index contributed by atoms with van der Waals surface area (Å²) in [5.41, 5.74) is 2.86. The molecule has 2 rings (SSSR count). The topological polar surface area (TPSA) is 23.5 Å². The molecule has 0 saturated carbocycles. The SMILES string of the molecule is CC(c1cccc(Cl)c1)N(C)c1ccc(CO)cc1Cl. The van der Waals surface area contributed by atoms with Gasteiger partial charge in [0.05, 0.1) is 23.4 Å². The zero-order valence-electron chi connectivity index (χ0n) is 11.5. The number of anilines is 1. The molecule has 0 aliphatic heterocycles. The van der Waals surface area contributed by atoms with Gasteiger partial charge in [-0.2, -0.15) is 0 Å². The van der Waals surface area contributed by atoms with Crippen molar-refractivity contribution in [2.24, 2.45) is 0 Å². The van der Waals surface area contributed by atoms with Crippen LogP contribution in [-0.2, 0) is 6.61 Å². The van der Waals surface area contributed by atoms with Gasteiger partial charge in [-0.15, -0.1) is 0 Å². The van der Waals surface area contributed by atoms with Crippen LogP contribution >= 0.6 is 23.2 Å². The zero-order valence-corrected chi connectivity index (χ0v) is 13.0. The maximum Gasteiger partial charge on any atom is 0.0682 e. The number of nitrogens with zero attached hydrogens (tertiary/aromatic N) is 1. The van der Waals surface area contributed by atoms with E-state index in [1.54, 1.807) is 6.07 Å². The molecule has 2 nitrogen and oxygen atoms in total. The van der Waals surface area contributed by atoms with Gasteiger partial charge >= 0.3 is 0 Å². The predicted octanol–water partition coefficient (Wildman–Crippen LogP) is 4.68. The summed E-state index contributed by atoms with van der Waals surface area (Å²) < 4.78 is 0. The van der Waals surface area contributed by atoms with Crippen LogP contribution < -0.4 is 4.90 Å². The third kappa shape index (κ3) is 3.26. The molecule has 1 N–H and O–H groups in total. The molecule has 0 bridgehead atoms. The fraction of sp³-hybridized carbons (Fsp3) is 0.250. The Bertz CT molecular complexity index is 601. The summed E-state index contributed by atoms with van der Waals surface area (Å²) in [4.78, 5) is 2.09. The summed E-state index contributed by atoms with van der Waals surface area (Å²) in [6.07, 6.45) is 0. The Morgan fingerprint density at radius 1 is 1.15 bits per heavy atom. The first-order valence-corrected chi connectivity index (χ1v) is 7.16. The van der Waals surface area contributed by atoms with E-state index in [4.69, 9.17) is 28.3 Å². The minimum absolute atomic E-state index is 0.00639. The minimum Gasteiger partial charge on any atom is -0.392 e. The number of hydrogen-bond acceptors (Lipinski definition) is 2. The highest BCUT2D eigenvalue weighted by molar-refractivity contribution is 6.33. The van der Waals surface area contributed by atoms with Crippen LogP contribution in [0.15, 0.2) is 42.5 Å². The first kappa shape index (κ1) is 15.2. The Labute approximate surface area is 129 Å². The Morgan fingerprint density at radius 3 is 2.50 bits per heavy atom. The van der Waals surface area contributed by atoms with Crippen LogP contribution in [0.1, 0.15) is 24.1 Å². The number of hydrogen-bond donors (Lipinski definition) is 1. The molecule has 1 unspecified atom stereocenters. The Morgan fingerprint density at radius 2 is 1.90 bits per heavy atom. The second-order valence-electron chi connectivity index (χ2n) is 4.79. The average Bonchev–Trinajstić information content (AvgIpc) is 2.45. The molecule has 4 heteroatoms. The summed E-state index contributed by atoms with van der Waals surface area (Å²) in [6, 6.07) is 13.5. The van der Waals surface area contributed by atoms with Crippen LogP contribution in [0.5, 0.6) is 0 Å². The van der Waals surface area contributed by atoms with Crippen molar-refractivity contribution < 1.29 is 5.11 Å². The molecule has 20 heavy (non-hydrogen) atoms. The van der Waals surface area contributed by atoms with Crippen LogP contribution in [0, 0.1) is 0 Å². The number of rotatable bonds is 4. The molecular weight excluding hydrogens is 293 g/mol. The molecule has 0 spiro atoms. The van der Waals surface area contributed by atoms with Gasteiger partial charge in [-0.05, 0) is 42.3 Å².